The zero-order valence-corrected chi connectivity index (χ0v) is 21.0. The number of carboxylic acid groups (broad SMARTS) is 1. The summed E-state index contributed by atoms with van der Waals surface area (Å²) in [5, 5.41) is 15.0. The van der Waals surface area contributed by atoms with Crippen molar-refractivity contribution < 1.29 is 24.2 Å². The van der Waals surface area contributed by atoms with Crippen LogP contribution in [0.4, 0.5) is 5.69 Å². The van der Waals surface area contributed by atoms with Crippen molar-refractivity contribution in [2.75, 3.05) is 18.5 Å². The number of anilines is 1. The first kappa shape index (κ1) is 26.5. The third kappa shape index (κ3) is 8.58. The van der Waals surface area contributed by atoms with Gasteiger partial charge in [-0.25, -0.2) is 4.79 Å². The van der Waals surface area contributed by atoms with E-state index in [4.69, 9.17) is 14.6 Å². The van der Waals surface area contributed by atoms with E-state index in [1.54, 1.807) is 6.07 Å². The highest BCUT2D eigenvalue weighted by molar-refractivity contribution is 5.77. The van der Waals surface area contributed by atoms with Crippen molar-refractivity contribution in [2.45, 2.75) is 59.2 Å². The molecule has 2 aromatic rings. The Bertz CT molecular complexity index is 960. The van der Waals surface area contributed by atoms with Crippen LogP contribution in [-0.2, 0) is 27.4 Å². The second-order valence-corrected chi connectivity index (χ2v) is 9.74. The van der Waals surface area contributed by atoms with Gasteiger partial charge in [-0.1, -0.05) is 57.9 Å². The van der Waals surface area contributed by atoms with Gasteiger partial charge in [-0.2, -0.15) is 0 Å². The van der Waals surface area contributed by atoms with Crippen LogP contribution in [0.3, 0.4) is 0 Å². The van der Waals surface area contributed by atoms with E-state index in [1.807, 2.05) is 42.5 Å². The molecule has 0 bridgehead atoms. The molecule has 0 saturated heterocycles. The third-order valence-corrected chi connectivity index (χ3v) is 6.63. The van der Waals surface area contributed by atoms with Crippen LogP contribution >= 0.6 is 0 Å². The van der Waals surface area contributed by atoms with Gasteiger partial charge in [0.25, 0.3) is 0 Å². The Kier molecular flexibility index (Phi) is 9.97. The molecule has 7 nitrogen and oxygen atoms in total. The van der Waals surface area contributed by atoms with E-state index in [0.29, 0.717) is 36.6 Å². The van der Waals surface area contributed by atoms with E-state index in [2.05, 4.69) is 31.4 Å². The smallest absolute Gasteiger partial charge is 0.341 e. The number of hydrogen-bond acceptors (Lipinski definition) is 5. The van der Waals surface area contributed by atoms with E-state index in [9.17, 15) is 9.59 Å². The van der Waals surface area contributed by atoms with Crippen molar-refractivity contribution in [1.82, 2.24) is 5.32 Å². The standard InChI is InChI=1S/C28H38N2O5/c1-19(2)28-20(3)6-4-9-25(28)35-17-26(31)30-15-21-10-12-23(13-11-21)29-16-22-7-5-8-24(14-22)34-18-27(32)33/h5,7-8,10-14,19-20,25,28-29H,4,6,9,15-18H2,1-3H3,(H,30,31)(H,32,33). The average molecular weight is 483 g/mol. The summed E-state index contributed by atoms with van der Waals surface area (Å²) in [5.41, 5.74) is 2.95. The summed E-state index contributed by atoms with van der Waals surface area (Å²) >= 11 is 0. The fraction of sp³-hybridized carbons (Fsp3) is 0.500. The van der Waals surface area contributed by atoms with Crippen molar-refractivity contribution in [2.24, 2.45) is 17.8 Å². The molecule has 190 valence electrons. The summed E-state index contributed by atoms with van der Waals surface area (Å²) in [4.78, 5) is 23.0. The van der Waals surface area contributed by atoms with Gasteiger partial charge in [-0.3, -0.25) is 4.79 Å². The van der Waals surface area contributed by atoms with Crippen molar-refractivity contribution >= 4 is 17.6 Å². The summed E-state index contributed by atoms with van der Waals surface area (Å²) in [7, 11) is 0. The second-order valence-electron chi connectivity index (χ2n) is 9.74. The maximum absolute atomic E-state index is 12.4. The van der Waals surface area contributed by atoms with E-state index < -0.39 is 5.97 Å². The van der Waals surface area contributed by atoms with Gasteiger partial charge in [0.1, 0.15) is 12.4 Å². The zero-order valence-electron chi connectivity index (χ0n) is 21.0. The average Bonchev–Trinajstić information content (AvgIpc) is 2.84. The summed E-state index contributed by atoms with van der Waals surface area (Å²) in [6.07, 6.45) is 3.61. The molecule has 3 N–H and O–H groups in total. The maximum atomic E-state index is 12.4. The minimum atomic E-state index is -1.00. The molecule has 1 aliphatic carbocycles. The first-order valence-electron chi connectivity index (χ1n) is 12.5. The molecule has 0 radical (unpaired) electrons. The number of amides is 1. The van der Waals surface area contributed by atoms with E-state index in [1.165, 1.54) is 12.8 Å². The number of aliphatic carboxylic acids is 1. The second kappa shape index (κ2) is 13.1. The van der Waals surface area contributed by atoms with Crippen LogP contribution in [0.15, 0.2) is 48.5 Å². The zero-order chi connectivity index (χ0) is 25.2. The molecule has 3 rings (SSSR count). The van der Waals surface area contributed by atoms with Crippen LogP contribution in [-0.4, -0.2) is 36.3 Å². The lowest BCUT2D eigenvalue weighted by Gasteiger charge is -2.38. The highest BCUT2D eigenvalue weighted by Crippen LogP contribution is 2.36. The predicted molar refractivity (Wildman–Crippen MR) is 136 cm³/mol. The highest BCUT2D eigenvalue weighted by Gasteiger charge is 2.33. The molecule has 1 fully saturated rings. The number of rotatable bonds is 12. The number of benzene rings is 2. The number of carboxylic acids is 1. The monoisotopic (exact) mass is 482 g/mol. The van der Waals surface area contributed by atoms with E-state index in [0.717, 1.165) is 23.2 Å². The molecular formula is C28H38N2O5. The van der Waals surface area contributed by atoms with Gasteiger partial charge in [0.2, 0.25) is 5.91 Å². The quantitative estimate of drug-likeness (QED) is 0.400. The molecule has 0 aromatic heterocycles. The molecule has 0 heterocycles. The molecular weight excluding hydrogens is 444 g/mol. The van der Waals surface area contributed by atoms with Gasteiger partial charge in [0.15, 0.2) is 6.61 Å². The minimum Gasteiger partial charge on any atom is -0.482 e. The third-order valence-electron chi connectivity index (χ3n) is 6.63. The fourth-order valence-corrected chi connectivity index (χ4v) is 4.94. The summed E-state index contributed by atoms with van der Waals surface area (Å²) in [6, 6.07) is 15.2. The molecule has 35 heavy (non-hydrogen) atoms. The van der Waals surface area contributed by atoms with Crippen molar-refractivity contribution in [1.29, 1.82) is 0 Å². The lowest BCUT2D eigenvalue weighted by Crippen LogP contribution is -2.39. The molecule has 1 saturated carbocycles. The molecule has 7 heteroatoms. The van der Waals surface area contributed by atoms with Crippen LogP contribution in [0.1, 0.15) is 51.2 Å². The molecule has 1 amide bonds. The number of nitrogens with one attached hydrogen (secondary N) is 2. The minimum absolute atomic E-state index is 0.0852. The Morgan fingerprint density at radius 2 is 1.80 bits per heavy atom. The number of carbonyl (C=O) groups is 2. The molecule has 1 aliphatic rings. The molecule has 0 spiro atoms. The SMILES string of the molecule is CC(C)C1C(C)CCCC1OCC(=O)NCc1ccc(NCc2cccc(OCC(=O)O)c2)cc1. The van der Waals surface area contributed by atoms with Crippen LogP contribution in [0.5, 0.6) is 5.75 Å². The highest BCUT2D eigenvalue weighted by atomic mass is 16.5. The lowest BCUT2D eigenvalue weighted by atomic mass is 9.72. The maximum Gasteiger partial charge on any atom is 0.341 e. The van der Waals surface area contributed by atoms with Crippen molar-refractivity contribution in [3.05, 3.63) is 59.7 Å². The first-order chi connectivity index (χ1) is 16.8. The van der Waals surface area contributed by atoms with Crippen LogP contribution in [0.25, 0.3) is 0 Å². The predicted octanol–water partition coefficient (Wildman–Crippen LogP) is 4.86. The fourth-order valence-electron chi connectivity index (χ4n) is 4.94. The van der Waals surface area contributed by atoms with Crippen LogP contribution < -0.4 is 15.4 Å². The van der Waals surface area contributed by atoms with Crippen molar-refractivity contribution in [3.8, 4) is 5.75 Å². The molecule has 3 atom stereocenters. The number of carbonyl (C=O) groups excluding carboxylic acids is 1. The molecule has 0 aliphatic heterocycles. The van der Waals surface area contributed by atoms with Gasteiger partial charge < -0.3 is 25.2 Å². The van der Waals surface area contributed by atoms with Gasteiger partial charge >= 0.3 is 5.97 Å². The summed E-state index contributed by atoms with van der Waals surface area (Å²) in [5.74, 6) is 1.14. The van der Waals surface area contributed by atoms with Crippen LogP contribution in [0.2, 0.25) is 0 Å². The largest absolute Gasteiger partial charge is 0.482 e. The molecule has 2 aromatic carbocycles. The lowest BCUT2D eigenvalue weighted by molar-refractivity contribution is -0.139. The van der Waals surface area contributed by atoms with E-state index in [-0.39, 0.29) is 25.2 Å². The Balaban J connectivity index is 1.40. The topological polar surface area (TPSA) is 96.9 Å². The Morgan fingerprint density at radius 1 is 1.03 bits per heavy atom. The van der Waals surface area contributed by atoms with Gasteiger partial charge in [0.05, 0.1) is 6.10 Å². The van der Waals surface area contributed by atoms with Crippen LogP contribution in [0, 0.1) is 17.8 Å². The van der Waals surface area contributed by atoms with Gasteiger partial charge in [-0.05, 0) is 59.6 Å². The Hall–Kier alpha value is -3.06. The number of ether oxygens (including phenoxy) is 2. The summed E-state index contributed by atoms with van der Waals surface area (Å²) < 4.78 is 11.3. The van der Waals surface area contributed by atoms with E-state index >= 15 is 0 Å². The Morgan fingerprint density at radius 3 is 2.51 bits per heavy atom. The van der Waals surface area contributed by atoms with Gasteiger partial charge in [-0.15, -0.1) is 0 Å². The Labute approximate surface area is 208 Å². The normalized spacial score (nSPS) is 19.8. The van der Waals surface area contributed by atoms with Gasteiger partial charge in [0, 0.05) is 18.8 Å². The number of hydrogen-bond donors (Lipinski definition) is 3. The van der Waals surface area contributed by atoms with Crippen molar-refractivity contribution in [3.63, 3.8) is 0 Å². The molecule has 3 unspecified atom stereocenters. The first-order valence-corrected chi connectivity index (χ1v) is 12.5. The summed E-state index contributed by atoms with van der Waals surface area (Å²) in [6.45, 7) is 7.57.